The van der Waals surface area contributed by atoms with Crippen LogP contribution >= 0.6 is 0 Å². The first-order valence-electron chi connectivity index (χ1n) is 6.95. The van der Waals surface area contributed by atoms with Gasteiger partial charge < -0.3 is 18.6 Å². The minimum Gasteiger partial charge on any atom is -0.479 e. The largest absolute Gasteiger partial charge is 0.479 e. The van der Waals surface area contributed by atoms with Gasteiger partial charge in [0.1, 0.15) is 17.3 Å². The minimum atomic E-state index is -0.756. The van der Waals surface area contributed by atoms with E-state index in [9.17, 15) is 9.59 Å². The predicted octanol–water partition coefficient (Wildman–Crippen LogP) is 2.84. The normalized spacial score (nSPS) is 15.9. The van der Waals surface area contributed by atoms with Gasteiger partial charge in [0.05, 0.1) is 18.9 Å². The highest BCUT2D eigenvalue weighted by Crippen LogP contribution is 2.35. The van der Waals surface area contributed by atoms with Crippen molar-refractivity contribution in [2.24, 2.45) is 0 Å². The highest BCUT2D eigenvalue weighted by atomic mass is 16.6. The van der Waals surface area contributed by atoms with Gasteiger partial charge >= 0.3 is 5.97 Å². The third kappa shape index (κ3) is 2.96. The van der Waals surface area contributed by atoms with E-state index < -0.39 is 12.1 Å². The number of carbonyl (C=O) groups excluding carboxylic acids is 2. The molecule has 0 spiro atoms. The molecule has 6 heteroatoms. The van der Waals surface area contributed by atoms with Crippen molar-refractivity contribution in [3.63, 3.8) is 0 Å². The topological polar surface area (TPSA) is 75.0 Å². The van der Waals surface area contributed by atoms with Gasteiger partial charge in [-0.15, -0.1) is 0 Å². The highest BCUT2D eigenvalue weighted by Gasteiger charge is 2.28. The molecule has 0 saturated carbocycles. The molecule has 0 saturated heterocycles. The second-order valence-corrected chi connectivity index (χ2v) is 4.90. The standard InChI is InChI=1S/C17H14O6/c1-10(17(19)20-2)22-12-5-6-13-14(9-12)23-15(16(13)18)8-11-4-3-7-21-11/h3-10H,1-2H3/t10-/m0/s1. The Morgan fingerprint density at radius 2 is 2.13 bits per heavy atom. The van der Waals surface area contributed by atoms with E-state index in [-0.39, 0.29) is 11.5 Å². The molecular weight excluding hydrogens is 300 g/mol. The number of ether oxygens (including phenoxy) is 3. The van der Waals surface area contributed by atoms with Crippen LogP contribution in [0.25, 0.3) is 6.08 Å². The lowest BCUT2D eigenvalue weighted by molar-refractivity contribution is -0.147. The Kier molecular flexibility index (Phi) is 3.89. The number of esters is 1. The van der Waals surface area contributed by atoms with E-state index in [1.165, 1.54) is 19.4 Å². The first-order valence-corrected chi connectivity index (χ1v) is 6.95. The lowest BCUT2D eigenvalue weighted by Crippen LogP contribution is -2.24. The van der Waals surface area contributed by atoms with Crippen molar-refractivity contribution in [3.05, 3.63) is 53.7 Å². The van der Waals surface area contributed by atoms with Crippen LogP contribution in [0.2, 0.25) is 0 Å². The summed E-state index contributed by atoms with van der Waals surface area (Å²) in [4.78, 5) is 23.6. The molecule has 118 valence electrons. The monoisotopic (exact) mass is 314 g/mol. The molecule has 1 aliphatic rings. The summed E-state index contributed by atoms with van der Waals surface area (Å²) in [7, 11) is 1.29. The van der Waals surface area contributed by atoms with Crippen LogP contribution in [0.4, 0.5) is 0 Å². The van der Waals surface area contributed by atoms with Crippen LogP contribution in [0.3, 0.4) is 0 Å². The second kappa shape index (κ2) is 6.00. The molecule has 1 aliphatic heterocycles. The number of hydrogen-bond acceptors (Lipinski definition) is 6. The third-order valence-corrected chi connectivity index (χ3v) is 3.30. The molecule has 0 bridgehead atoms. The highest BCUT2D eigenvalue weighted by molar-refractivity contribution is 6.14. The van der Waals surface area contributed by atoms with Gasteiger partial charge in [-0.2, -0.15) is 0 Å². The summed E-state index contributed by atoms with van der Waals surface area (Å²) in [5, 5.41) is 0. The quantitative estimate of drug-likeness (QED) is 0.638. The average molecular weight is 314 g/mol. The molecule has 2 heterocycles. The van der Waals surface area contributed by atoms with Crippen LogP contribution in [-0.4, -0.2) is 25.0 Å². The van der Waals surface area contributed by atoms with E-state index in [4.69, 9.17) is 13.9 Å². The Morgan fingerprint density at radius 1 is 1.30 bits per heavy atom. The maximum Gasteiger partial charge on any atom is 0.346 e. The van der Waals surface area contributed by atoms with E-state index in [1.807, 2.05) is 0 Å². The summed E-state index contributed by atoms with van der Waals surface area (Å²) in [5.74, 6) is 0.769. The SMILES string of the molecule is COC(=O)[C@H](C)Oc1ccc2c(c1)OC(=Cc1ccco1)C2=O. The molecule has 1 atom stereocenters. The fourth-order valence-electron chi connectivity index (χ4n) is 2.16. The number of methoxy groups -OCH3 is 1. The number of carbonyl (C=O) groups is 2. The van der Waals surface area contributed by atoms with Gasteiger partial charge in [0, 0.05) is 12.1 Å². The maximum absolute atomic E-state index is 12.3. The number of furan rings is 1. The molecule has 23 heavy (non-hydrogen) atoms. The lowest BCUT2D eigenvalue weighted by Gasteiger charge is -2.12. The van der Waals surface area contributed by atoms with E-state index in [0.717, 1.165) is 0 Å². The summed E-state index contributed by atoms with van der Waals surface area (Å²) >= 11 is 0. The van der Waals surface area contributed by atoms with Crippen LogP contribution in [0.5, 0.6) is 11.5 Å². The molecule has 2 aromatic rings. The van der Waals surface area contributed by atoms with Gasteiger partial charge in [0.25, 0.3) is 0 Å². The predicted molar refractivity (Wildman–Crippen MR) is 80.2 cm³/mol. The molecule has 0 aliphatic carbocycles. The number of hydrogen-bond donors (Lipinski definition) is 0. The van der Waals surface area contributed by atoms with Gasteiger partial charge in [-0.05, 0) is 31.2 Å². The van der Waals surface area contributed by atoms with E-state index >= 15 is 0 Å². The van der Waals surface area contributed by atoms with Crippen LogP contribution < -0.4 is 9.47 Å². The van der Waals surface area contributed by atoms with Crippen LogP contribution in [0.15, 0.2) is 46.8 Å². The zero-order valence-corrected chi connectivity index (χ0v) is 12.6. The summed E-state index contributed by atoms with van der Waals surface area (Å²) in [5.41, 5.74) is 0.431. The van der Waals surface area contributed by atoms with Gasteiger partial charge in [-0.3, -0.25) is 4.79 Å². The van der Waals surface area contributed by atoms with E-state index in [1.54, 1.807) is 37.3 Å². The first kappa shape index (κ1) is 14.9. The molecule has 1 aromatic heterocycles. The molecule has 3 rings (SSSR count). The van der Waals surface area contributed by atoms with Crippen molar-refractivity contribution in [2.45, 2.75) is 13.0 Å². The van der Waals surface area contributed by atoms with Crippen LogP contribution in [0.1, 0.15) is 23.0 Å². The lowest BCUT2D eigenvalue weighted by atomic mass is 10.1. The van der Waals surface area contributed by atoms with E-state index in [2.05, 4.69) is 4.74 Å². The number of benzene rings is 1. The van der Waals surface area contributed by atoms with Crippen molar-refractivity contribution >= 4 is 17.8 Å². The Labute approximate surface area is 132 Å². The van der Waals surface area contributed by atoms with Crippen molar-refractivity contribution in [3.8, 4) is 11.5 Å². The summed E-state index contributed by atoms with van der Waals surface area (Å²) in [6.45, 7) is 1.58. The minimum absolute atomic E-state index is 0.174. The Bertz CT molecular complexity index is 772. The van der Waals surface area contributed by atoms with Gasteiger partial charge in [0.15, 0.2) is 11.9 Å². The molecule has 0 radical (unpaired) electrons. The molecule has 0 unspecified atom stereocenters. The molecule has 0 fully saturated rings. The van der Waals surface area contributed by atoms with Crippen molar-refractivity contribution in [2.75, 3.05) is 7.11 Å². The van der Waals surface area contributed by atoms with Gasteiger partial charge in [-0.25, -0.2) is 4.79 Å². The first-order chi connectivity index (χ1) is 11.1. The number of ketones is 1. The number of fused-ring (bicyclic) bond motifs is 1. The zero-order valence-electron chi connectivity index (χ0n) is 12.6. The molecule has 1 aromatic carbocycles. The zero-order chi connectivity index (χ0) is 16.4. The molecular formula is C17H14O6. The summed E-state index contributed by atoms with van der Waals surface area (Å²) < 4.78 is 20.8. The van der Waals surface area contributed by atoms with Gasteiger partial charge in [0.2, 0.25) is 5.78 Å². The van der Waals surface area contributed by atoms with Crippen LogP contribution in [-0.2, 0) is 9.53 Å². The maximum atomic E-state index is 12.3. The summed E-state index contributed by atoms with van der Waals surface area (Å²) in [6, 6.07) is 8.21. The average Bonchev–Trinajstić information content (AvgIpc) is 3.15. The fraction of sp³-hybridized carbons (Fsp3) is 0.176. The van der Waals surface area contributed by atoms with Crippen molar-refractivity contribution in [1.29, 1.82) is 0 Å². The van der Waals surface area contributed by atoms with Crippen molar-refractivity contribution in [1.82, 2.24) is 0 Å². The molecule has 0 N–H and O–H groups in total. The number of allylic oxidation sites excluding steroid dienone is 1. The Morgan fingerprint density at radius 3 is 2.83 bits per heavy atom. The van der Waals surface area contributed by atoms with Gasteiger partial charge in [-0.1, -0.05) is 0 Å². The second-order valence-electron chi connectivity index (χ2n) is 4.90. The third-order valence-electron chi connectivity index (χ3n) is 3.30. The number of rotatable bonds is 4. The smallest absolute Gasteiger partial charge is 0.346 e. The number of Topliss-reactive ketones (excluding diaryl/α,β-unsaturated/α-hetero) is 1. The Hall–Kier alpha value is -3.02. The Balaban J connectivity index is 1.81. The molecule has 6 nitrogen and oxygen atoms in total. The van der Waals surface area contributed by atoms with Crippen molar-refractivity contribution < 1.29 is 28.2 Å². The molecule has 0 amide bonds. The fourth-order valence-corrected chi connectivity index (χ4v) is 2.16. The van der Waals surface area contributed by atoms with Crippen LogP contribution in [0, 0.1) is 0 Å². The summed E-state index contributed by atoms with van der Waals surface area (Å²) in [6.07, 6.45) is 2.28. The van der Waals surface area contributed by atoms with E-state index in [0.29, 0.717) is 22.8 Å².